The van der Waals surface area contributed by atoms with E-state index in [-0.39, 0.29) is 22.5 Å². The van der Waals surface area contributed by atoms with Crippen LogP contribution in [-0.4, -0.2) is 46.8 Å². The van der Waals surface area contributed by atoms with Crippen molar-refractivity contribution in [1.29, 1.82) is 0 Å². The third-order valence-electron chi connectivity index (χ3n) is 7.64. The first-order valence-electron chi connectivity index (χ1n) is 14.2. The van der Waals surface area contributed by atoms with E-state index < -0.39 is 0 Å². The van der Waals surface area contributed by atoms with Crippen molar-refractivity contribution in [3.8, 4) is 17.0 Å². The van der Waals surface area contributed by atoms with Crippen LogP contribution in [-0.2, 0) is 33.3 Å². The van der Waals surface area contributed by atoms with Crippen LogP contribution in [0.1, 0.15) is 98.9 Å². The van der Waals surface area contributed by atoms with Gasteiger partial charge in [-0.3, -0.25) is 9.59 Å². The van der Waals surface area contributed by atoms with Gasteiger partial charge in [0.05, 0.1) is 33.7 Å². The van der Waals surface area contributed by atoms with Crippen molar-refractivity contribution < 1.29 is 14.3 Å². The summed E-state index contributed by atoms with van der Waals surface area (Å²) in [5, 5.41) is 1.91. The minimum absolute atomic E-state index is 0.0849. The highest BCUT2D eigenvalue weighted by Crippen LogP contribution is 2.45. The molecule has 6 nitrogen and oxygen atoms in total. The number of aromatic nitrogens is 2. The van der Waals surface area contributed by atoms with E-state index >= 15 is 0 Å². The van der Waals surface area contributed by atoms with Gasteiger partial charge in [0.2, 0.25) is 5.91 Å². The second-order valence-corrected chi connectivity index (χ2v) is 16.7. The number of methoxy groups -OCH3 is 1. The third-order valence-corrected chi connectivity index (χ3v) is 10.5. The number of halogens is 1. The first-order chi connectivity index (χ1) is 19.1. The molecule has 2 aromatic heterocycles. The highest BCUT2D eigenvalue weighted by Gasteiger charge is 2.31. The van der Waals surface area contributed by atoms with Crippen LogP contribution in [0.3, 0.4) is 0 Å². The molecule has 0 bridgehead atoms. The maximum absolute atomic E-state index is 13.1. The lowest BCUT2D eigenvalue weighted by molar-refractivity contribution is -0.131. The van der Waals surface area contributed by atoms with Crippen molar-refractivity contribution in [2.45, 2.75) is 97.8 Å². The van der Waals surface area contributed by atoms with Crippen LogP contribution in [0.2, 0.25) is 0 Å². The van der Waals surface area contributed by atoms with E-state index in [9.17, 15) is 9.59 Å². The standard InChI is InChI=1S/C32H42BrN3O3S2/c1-18(37)14-24-19(2)40-25(34-24)17-26(38)36-12-10-20(11-13-36)30-35-27(29(33)41-30)21-15-22(31(3,4)5)28(39-9)23(16-21)32(6,7)8/h15-16,20H,10-14,17H2,1-9H3. The minimum atomic E-state index is -0.0849. The summed E-state index contributed by atoms with van der Waals surface area (Å²) in [7, 11) is 1.76. The molecule has 1 aliphatic rings. The number of nitrogens with zero attached hydrogens (tertiary/aromatic N) is 3. The van der Waals surface area contributed by atoms with Gasteiger partial charge in [-0.05, 0) is 65.6 Å². The van der Waals surface area contributed by atoms with E-state index in [1.807, 2.05) is 11.8 Å². The number of ether oxygens (including phenoxy) is 1. The second-order valence-electron chi connectivity index (χ2n) is 13.1. The van der Waals surface area contributed by atoms with Gasteiger partial charge in [0.25, 0.3) is 0 Å². The highest BCUT2D eigenvalue weighted by atomic mass is 79.9. The van der Waals surface area contributed by atoms with Crippen molar-refractivity contribution in [2.75, 3.05) is 20.2 Å². The van der Waals surface area contributed by atoms with Gasteiger partial charge in [-0.1, -0.05) is 41.5 Å². The van der Waals surface area contributed by atoms with Gasteiger partial charge in [0, 0.05) is 47.0 Å². The topological polar surface area (TPSA) is 72.4 Å². The minimum Gasteiger partial charge on any atom is -0.496 e. The molecule has 0 N–H and O–H groups in total. The number of piperidine rings is 1. The van der Waals surface area contributed by atoms with Crippen LogP contribution in [0.15, 0.2) is 15.9 Å². The zero-order valence-electron chi connectivity index (χ0n) is 25.7. The predicted octanol–water partition coefficient (Wildman–Crippen LogP) is 8.02. The quantitative estimate of drug-likeness (QED) is 0.257. The van der Waals surface area contributed by atoms with Crippen molar-refractivity contribution in [3.63, 3.8) is 0 Å². The number of Topliss-reactive ketones (excluding diaryl/α,β-unsaturated/α-hetero) is 1. The van der Waals surface area contributed by atoms with Gasteiger partial charge in [-0.15, -0.1) is 22.7 Å². The molecule has 3 aromatic rings. The lowest BCUT2D eigenvalue weighted by Crippen LogP contribution is -2.38. The molecule has 4 rings (SSSR count). The van der Waals surface area contributed by atoms with Gasteiger partial charge in [0.1, 0.15) is 16.5 Å². The smallest absolute Gasteiger partial charge is 0.229 e. The lowest BCUT2D eigenvalue weighted by atomic mass is 9.78. The fourth-order valence-corrected chi connectivity index (χ4v) is 8.09. The fourth-order valence-electron chi connectivity index (χ4n) is 5.35. The molecule has 0 radical (unpaired) electrons. The van der Waals surface area contributed by atoms with Crippen LogP contribution in [0.5, 0.6) is 5.75 Å². The van der Waals surface area contributed by atoms with Gasteiger partial charge < -0.3 is 9.64 Å². The van der Waals surface area contributed by atoms with Gasteiger partial charge in [-0.2, -0.15) is 0 Å². The zero-order chi connectivity index (χ0) is 30.3. The maximum atomic E-state index is 13.1. The Morgan fingerprint density at radius 3 is 2.10 bits per heavy atom. The van der Waals surface area contributed by atoms with Gasteiger partial charge >= 0.3 is 0 Å². The molecule has 0 spiro atoms. The van der Waals surface area contributed by atoms with E-state index in [0.29, 0.717) is 31.8 Å². The third kappa shape index (κ3) is 7.28. The number of aryl methyl sites for hydroxylation is 1. The summed E-state index contributed by atoms with van der Waals surface area (Å²) in [5.41, 5.74) is 5.07. The first kappa shape index (κ1) is 31.8. The number of hydrogen-bond donors (Lipinski definition) is 0. The number of carbonyl (C=O) groups excluding carboxylic acids is 2. The Morgan fingerprint density at radius 1 is 1.00 bits per heavy atom. The number of hydrogen-bond acceptors (Lipinski definition) is 7. The predicted molar refractivity (Wildman–Crippen MR) is 173 cm³/mol. The molecule has 0 unspecified atom stereocenters. The van der Waals surface area contributed by atoms with Crippen LogP contribution in [0.25, 0.3) is 11.3 Å². The summed E-state index contributed by atoms with van der Waals surface area (Å²) in [6, 6.07) is 4.47. The fraction of sp³-hybridized carbons (Fsp3) is 0.562. The molecule has 0 atom stereocenters. The van der Waals surface area contributed by atoms with E-state index in [0.717, 1.165) is 54.2 Å². The normalized spacial score (nSPS) is 14.9. The van der Waals surface area contributed by atoms with Gasteiger partial charge in [-0.25, -0.2) is 9.97 Å². The summed E-state index contributed by atoms with van der Waals surface area (Å²) in [4.78, 5) is 37.3. The summed E-state index contributed by atoms with van der Waals surface area (Å²) in [6.45, 7) is 18.3. The highest BCUT2D eigenvalue weighted by molar-refractivity contribution is 9.11. The summed E-state index contributed by atoms with van der Waals surface area (Å²) in [5.74, 6) is 1.47. The SMILES string of the molecule is COc1c(C(C)(C)C)cc(-c2nc(C3CCN(C(=O)Cc4nc(CC(C)=O)c(C)s4)CC3)sc2Br)cc1C(C)(C)C. The molecule has 0 aliphatic carbocycles. The van der Waals surface area contributed by atoms with Crippen molar-refractivity contribution in [2.24, 2.45) is 0 Å². The Morgan fingerprint density at radius 2 is 1.59 bits per heavy atom. The molecule has 9 heteroatoms. The Balaban J connectivity index is 1.50. The molecule has 3 heterocycles. The molecule has 1 saturated heterocycles. The number of ketones is 1. The Hall–Kier alpha value is -2.10. The van der Waals surface area contributed by atoms with E-state index in [1.54, 1.807) is 25.4 Å². The van der Waals surface area contributed by atoms with Crippen LogP contribution >= 0.6 is 38.6 Å². The monoisotopic (exact) mass is 659 g/mol. The second kappa shape index (κ2) is 12.3. The van der Waals surface area contributed by atoms with Gasteiger partial charge in [0.15, 0.2) is 0 Å². The molecule has 222 valence electrons. The number of thiazole rings is 2. The Bertz CT molecular complexity index is 1400. The summed E-state index contributed by atoms with van der Waals surface area (Å²) in [6.07, 6.45) is 2.41. The number of carbonyl (C=O) groups is 2. The average molecular weight is 661 g/mol. The largest absolute Gasteiger partial charge is 0.496 e. The van der Waals surface area contributed by atoms with Crippen LogP contribution < -0.4 is 4.74 Å². The van der Waals surface area contributed by atoms with E-state index in [4.69, 9.17) is 9.72 Å². The molecule has 1 fully saturated rings. The van der Waals surface area contributed by atoms with Crippen molar-refractivity contribution in [1.82, 2.24) is 14.9 Å². The maximum Gasteiger partial charge on any atom is 0.229 e. The number of rotatable bonds is 7. The molecule has 1 amide bonds. The number of amides is 1. The molecular formula is C32H42BrN3O3S2. The number of benzene rings is 1. The number of likely N-dealkylation sites (tertiary alicyclic amines) is 1. The van der Waals surface area contributed by atoms with Crippen molar-refractivity contribution >= 4 is 50.3 Å². The Labute approximate surface area is 261 Å². The summed E-state index contributed by atoms with van der Waals surface area (Å²) >= 11 is 7.07. The molecule has 1 aliphatic heterocycles. The van der Waals surface area contributed by atoms with Crippen LogP contribution in [0, 0.1) is 6.92 Å². The molecular weight excluding hydrogens is 618 g/mol. The zero-order valence-corrected chi connectivity index (χ0v) is 29.0. The molecule has 1 aromatic carbocycles. The molecule has 41 heavy (non-hydrogen) atoms. The first-order valence-corrected chi connectivity index (χ1v) is 16.6. The molecule has 0 saturated carbocycles. The average Bonchev–Trinajstić information content (AvgIpc) is 3.43. The van der Waals surface area contributed by atoms with E-state index in [1.165, 1.54) is 22.5 Å². The van der Waals surface area contributed by atoms with Crippen molar-refractivity contribution in [3.05, 3.63) is 47.6 Å². The lowest BCUT2D eigenvalue weighted by Gasteiger charge is -2.31. The van der Waals surface area contributed by atoms with Crippen LogP contribution in [0.4, 0.5) is 0 Å². The summed E-state index contributed by atoms with van der Waals surface area (Å²) < 4.78 is 7.00. The Kier molecular flexibility index (Phi) is 9.51. The van der Waals surface area contributed by atoms with E-state index in [2.05, 4.69) is 74.6 Å².